The van der Waals surface area contributed by atoms with Crippen molar-refractivity contribution in [3.05, 3.63) is 29.3 Å². The summed E-state index contributed by atoms with van der Waals surface area (Å²) in [5, 5.41) is 14.6. The van der Waals surface area contributed by atoms with Crippen molar-refractivity contribution < 1.29 is 9.90 Å². The summed E-state index contributed by atoms with van der Waals surface area (Å²) in [6, 6.07) is 5.94. The van der Waals surface area contributed by atoms with Crippen LogP contribution < -0.4 is 10.2 Å². The Kier molecular flexibility index (Phi) is 3.35. The summed E-state index contributed by atoms with van der Waals surface area (Å²) in [4.78, 5) is 24.4. The van der Waals surface area contributed by atoms with Crippen LogP contribution >= 0.6 is 11.3 Å². The molecule has 2 aromatic rings. The Bertz CT molecular complexity index is 741. The van der Waals surface area contributed by atoms with Gasteiger partial charge in [0.15, 0.2) is 5.82 Å². The molecule has 7 heteroatoms. The van der Waals surface area contributed by atoms with Crippen LogP contribution in [-0.4, -0.2) is 46.7 Å². The van der Waals surface area contributed by atoms with Crippen LogP contribution in [0, 0.1) is 12.3 Å². The van der Waals surface area contributed by atoms with E-state index < -0.39 is 11.5 Å². The van der Waals surface area contributed by atoms with Crippen LogP contribution in [0.2, 0.25) is 0 Å². The van der Waals surface area contributed by atoms with Crippen molar-refractivity contribution in [2.45, 2.75) is 19.4 Å². The maximum atomic E-state index is 12.2. The van der Waals surface area contributed by atoms with E-state index in [0.717, 1.165) is 22.2 Å². The predicted octanol–water partition coefficient (Wildman–Crippen LogP) is 1.20. The number of hydrogen-bond acceptors (Lipinski definition) is 6. The zero-order valence-corrected chi connectivity index (χ0v) is 13.6. The van der Waals surface area contributed by atoms with Crippen LogP contribution in [0.3, 0.4) is 0 Å². The van der Waals surface area contributed by atoms with Crippen molar-refractivity contribution in [1.29, 1.82) is 0 Å². The molecule has 1 unspecified atom stereocenters. The molecule has 0 aliphatic carbocycles. The van der Waals surface area contributed by atoms with Gasteiger partial charge >= 0.3 is 0 Å². The molecule has 2 N–H and O–H groups in total. The summed E-state index contributed by atoms with van der Waals surface area (Å²) in [6.07, 6.45) is 0.0700. The number of amides is 1. The maximum Gasteiger partial charge on any atom is 0.230 e. The number of anilines is 1. The van der Waals surface area contributed by atoms with Crippen LogP contribution in [0.25, 0.3) is 10.7 Å². The van der Waals surface area contributed by atoms with E-state index in [-0.39, 0.29) is 5.91 Å². The molecule has 1 spiro atoms. The summed E-state index contributed by atoms with van der Waals surface area (Å²) in [5.74, 6) is 1.62. The number of nitrogens with zero attached hydrogens (tertiary/aromatic N) is 3. The fourth-order valence-electron chi connectivity index (χ4n) is 3.36. The highest BCUT2D eigenvalue weighted by Crippen LogP contribution is 2.40. The van der Waals surface area contributed by atoms with Gasteiger partial charge in [-0.25, -0.2) is 9.97 Å². The number of nitrogens with one attached hydrogen (secondary N) is 1. The van der Waals surface area contributed by atoms with Crippen LogP contribution in [0.1, 0.15) is 12.1 Å². The fourth-order valence-corrected chi connectivity index (χ4v) is 4.02. The first-order valence-electron chi connectivity index (χ1n) is 7.67. The Morgan fingerprint density at radius 2 is 2.26 bits per heavy atom. The van der Waals surface area contributed by atoms with Crippen molar-refractivity contribution >= 4 is 23.1 Å². The number of piperidine rings is 1. The second-order valence-corrected chi connectivity index (χ2v) is 7.32. The van der Waals surface area contributed by atoms with E-state index in [9.17, 15) is 9.90 Å². The number of rotatable bonds is 2. The molecule has 2 fully saturated rings. The molecule has 1 atom stereocenters. The standard InChI is InChI=1S/C16H18N4O2S/c1-10-5-13(19-14(18-10)12-3-2-4-23-12)20-8-16(9-20)6-11(21)7-17-15(16)22/h2-5,11,21H,6-9H2,1H3,(H,17,22). The smallest absolute Gasteiger partial charge is 0.230 e. The minimum absolute atomic E-state index is 0.0447. The summed E-state index contributed by atoms with van der Waals surface area (Å²) >= 11 is 1.61. The molecule has 4 rings (SSSR count). The molecule has 6 nitrogen and oxygen atoms in total. The number of aliphatic hydroxyl groups excluding tert-OH is 1. The fraction of sp³-hybridized carbons (Fsp3) is 0.438. The monoisotopic (exact) mass is 330 g/mol. The van der Waals surface area contributed by atoms with Gasteiger partial charge in [-0.1, -0.05) is 6.07 Å². The SMILES string of the molecule is Cc1cc(N2CC3(CC(O)CNC3=O)C2)nc(-c2cccs2)n1. The van der Waals surface area contributed by atoms with E-state index in [1.807, 2.05) is 30.5 Å². The van der Waals surface area contributed by atoms with Crippen molar-refractivity contribution in [3.63, 3.8) is 0 Å². The van der Waals surface area contributed by atoms with Gasteiger partial charge < -0.3 is 15.3 Å². The number of thiophene rings is 1. The molecule has 1 amide bonds. The van der Waals surface area contributed by atoms with Crippen molar-refractivity contribution in [3.8, 4) is 10.7 Å². The maximum absolute atomic E-state index is 12.2. The molecule has 2 aliphatic heterocycles. The van der Waals surface area contributed by atoms with E-state index in [0.29, 0.717) is 26.1 Å². The lowest BCUT2D eigenvalue weighted by atomic mass is 9.72. The zero-order valence-electron chi connectivity index (χ0n) is 12.8. The first-order valence-corrected chi connectivity index (χ1v) is 8.55. The molecular formula is C16H18N4O2S. The Hall–Kier alpha value is -1.99. The molecule has 0 aromatic carbocycles. The quantitative estimate of drug-likeness (QED) is 0.865. The average Bonchev–Trinajstić information content (AvgIpc) is 3.01. The topological polar surface area (TPSA) is 78.4 Å². The van der Waals surface area contributed by atoms with E-state index >= 15 is 0 Å². The lowest BCUT2D eigenvalue weighted by Crippen LogP contribution is -2.68. The second kappa shape index (κ2) is 5.28. The van der Waals surface area contributed by atoms with E-state index in [1.54, 1.807) is 11.3 Å². The third kappa shape index (κ3) is 2.49. The minimum Gasteiger partial charge on any atom is -0.391 e. The third-order valence-corrected chi connectivity index (χ3v) is 5.37. The van der Waals surface area contributed by atoms with Gasteiger partial charge in [-0.15, -0.1) is 11.3 Å². The van der Waals surface area contributed by atoms with Gasteiger partial charge in [0.05, 0.1) is 16.4 Å². The number of hydrogen-bond donors (Lipinski definition) is 2. The molecular weight excluding hydrogens is 312 g/mol. The first kappa shape index (κ1) is 14.6. The predicted molar refractivity (Wildman–Crippen MR) is 88.4 cm³/mol. The average molecular weight is 330 g/mol. The largest absolute Gasteiger partial charge is 0.391 e. The Morgan fingerprint density at radius 3 is 3.00 bits per heavy atom. The number of β-amino-alcohol motifs (C(OH)–C–C–N with tert-alkyl or cyclic N) is 1. The van der Waals surface area contributed by atoms with Gasteiger partial charge in [0, 0.05) is 31.4 Å². The highest BCUT2D eigenvalue weighted by Gasteiger charge is 2.52. The molecule has 23 heavy (non-hydrogen) atoms. The number of aryl methyl sites for hydroxylation is 1. The van der Waals surface area contributed by atoms with Gasteiger partial charge in [0.1, 0.15) is 5.82 Å². The van der Waals surface area contributed by atoms with Crippen LogP contribution in [0.15, 0.2) is 23.6 Å². The molecule has 0 saturated carbocycles. The summed E-state index contributed by atoms with van der Waals surface area (Å²) in [7, 11) is 0. The number of aromatic nitrogens is 2. The summed E-state index contributed by atoms with van der Waals surface area (Å²) < 4.78 is 0. The molecule has 120 valence electrons. The first-order chi connectivity index (χ1) is 11.1. The van der Waals surface area contributed by atoms with Gasteiger partial charge in [-0.3, -0.25) is 4.79 Å². The second-order valence-electron chi connectivity index (χ2n) is 6.37. The lowest BCUT2D eigenvalue weighted by molar-refractivity contribution is -0.139. The van der Waals surface area contributed by atoms with E-state index in [4.69, 9.17) is 0 Å². The van der Waals surface area contributed by atoms with Crippen LogP contribution in [0.5, 0.6) is 0 Å². The van der Waals surface area contributed by atoms with E-state index in [2.05, 4.69) is 20.2 Å². The van der Waals surface area contributed by atoms with E-state index in [1.165, 1.54) is 0 Å². The normalized spacial score (nSPS) is 22.8. The Morgan fingerprint density at radius 1 is 1.43 bits per heavy atom. The van der Waals surface area contributed by atoms with Crippen LogP contribution in [0.4, 0.5) is 5.82 Å². The molecule has 2 aliphatic rings. The number of carbonyl (C=O) groups excluding carboxylic acids is 1. The Labute approximate surface area is 138 Å². The van der Waals surface area contributed by atoms with Crippen LogP contribution in [-0.2, 0) is 4.79 Å². The number of aliphatic hydroxyl groups is 1. The van der Waals surface area contributed by atoms with Crippen molar-refractivity contribution in [2.24, 2.45) is 5.41 Å². The highest BCUT2D eigenvalue weighted by molar-refractivity contribution is 7.13. The van der Waals surface area contributed by atoms with Gasteiger partial charge in [-0.05, 0) is 24.8 Å². The third-order valence-electron chi connectivity index (χ3n) is 4.50. The van der Waals surface area contributed by atoms with Crippen molar-refractivity contribution in [1.82, 2.24) is 15.3 Å². The van der Waals surface area contributed by atoms with Gasteiger partial charge in [0.25, 0.3) is 0 Å². The highest BCUT2D eigenvalue weighted by atomic mass is 32.1. The van der Waals surface area contributed by atoms with Crippen molar-refractivity contribution in [2.75, 3.05) is 24.5 Å². The molecule has 0 radical (unpaired) electrons. The number of carbonyl (C=O) groups is 1. The molecule has 0 bridgehead atoms. The summed E-state index contributed by atoms with van der Waals surface area (Å²) in [5.41, 5.74) is 0.437. The zero-order chi connectivity index (χ0) is 16.0. The Balaban J connectivity index is 1.57. The van der Waals surface area contributed by atoms with Gasteiger partial charge in [-0.2, -0.15) is 0 Å². The lowest BCUT2D eigenvalue weighted by Gasteiger charge is -2.52. The van der Waals surface area contributed by atoms with Gasteiger partial charge in [0.2, 0.25) is 5.91 Å². The molecule has 4 heterocycles. The summed E-state index contributed by atoms with van der Waals surface area (Å²) in [6.45, 7) is 3.50. The minimum atomic E-state index is -0.473. The molecule has 2 saturated heterocycles. The molecule has 2 aromatic heterocycles.